The molecule has 0 aliphatic heterocycles. The first-order chi connectivity index (χ1) is 9.75. The molecule has 0 bridgehead atoms. The molecule has 0 heterocycles. The van der Waals surface area contributed by atoms with Crippen molar-refractivity contribution in [2.45, 2.75) is 46.9 Å². The highest BCUT2D eigenvalue weighted by molar-refractivity contribution is 6.23. The first kappa shape index (κ1) is 16.0. The van der Waals surface area contributed by atoms with Gasteiger partial charge in [0.25, 0.3) is 0 Å². The lowest BCUT2D eigenvalue weighted by molar-refractivity contribution is 0.625. The van der Waals surface area contributed by atoms with Crippen LogP contribution in [0.25, 0.3) is 0 Å². The second-order valence-electron chi connectivity index (χ2n) is 5.90. The topological polar surface area (TPSA) is 0 Å². The van der Waals surface area contributed by atoms with E-state index in [-0.39, 0.29) is 11.2 Å². The number of alkyl halides is 1. The van der Waals surface area contributed by atoms with Gasteiger partial charge >= 0.3 is 0 Å². The molecule has 2 aromatic rings. The van der Waals surface area contributed by atoms with Gasteiger partial charge in [0.2, 0.25) is 0 Å². The molecule has 0 aliphatic rings. The largest absolute Gasteiger partial charge is 0.207 e. The van der Waals surface area contributed by atoms with Gasteiger partial charge in [0.1, 0.15) is 5.82 Å². The maximum Gasteiger partial charge on any atom is 0.123 e. The lowest BCUT2D eigenvalue weighted by Crippen LogP contribution is -2.07. The molecule has 2 rings (SSSR count). The van der Waals surface area contributed by atoms with E-state index in [0.29, 0.717) is 0 Å². The van der Waals surface area contributed by atoms with Crippen molar-refractivity contribution in [1.82, 2.24) is 0 Å². The van der Waals surface area contributed by atoms with Crippen LogP contribution in [0.2, 0.25) is 0 Å². The minimum absolute atomic E-state index is 0.239. The molecule has 2 heteroatoms. The van der Waals surface area contributed by atoms with Crippen LogP contribution in [0.5, 0.6) is 0 Å². The highest BCUT2D eigenvalue weighted by Gasteiger charge is 2.21. The fourth-order valence-corrected chi connectivity index (χ4v) is 3.51. The van der Waals surface area contributed by atoms with E-state index in [1.165, 1.54) is 33.9 Å². The Morgan fingerprint density at radius 1 is 0.810 bits per heavy atom. The molecule has 0 amide bonds. The average molecular weight is 305 g/mol. The van der Waals surface area contributed by atoms with E-state index in [2.05, 4.69) is 34.6 Å². The van der Waals surface area contributed by atoms with E-state index in [1.807, 2.05) is 6.92 Å². The molecule has 0 nitrogen and oxygen atoms in total. The van der Waals surface area contributed by atoms with Crippen LogP contribution in [0.4, 0.5) is 4.39 Å². The zero-order valence-corrected chi connectivity index (χ0v) is 14.3. The van der Waals surface area contributed by atoms with Gasteiger partial charge in [-0.3, -0.25) is 0 Å². The van der Waals surface area contributed by atoms with E-state index >= 15 is 0 Å². The van der Waals surface area contributed by atoms with Gasteiger partial charge in [-0.1, -0.05) is 6.07 Å². The van der Waals surface area contributed by atoms with E-state index in [1.54, 1.807) is 12.1 Å². The zero-order chi connectivity index (χ0) is 15.9. The Morgan fingerprint density at radius 3 is 1.81 bits per heavy atom. The molecule has 0 N–H and O–H groups in total. The van der Waals surface area contributed by atoms with Crippen molar-refractivity contribution in [3.63, 3.8) is 0 Å². The van der Waals surface area contributed by atoms with Crippen molar-refractivity contribution in [2.75, 3.05) is 0 Å². The lowest BCUT2D eigenvalue weighted by atomic mass is 9.86. The minimum atomic E-state index is -0.321. The maximum absolute atomic E-state index is 13.6. The highest BCUT2D eigenvalue weighted by Crippen LogP contribution is 2.38. The standard InChI is InChI=1S/C19H22ClF/c1-10-7-8-16(21)9-17(10)19(20)18-14(5)12(3)11(2)13(4)15(18)6/h7-9,19H,1-6H3. The monoisotopic (exact) mass is 304 g/mol. The van der Waals surface area contributed by atoms with Crippen molar-refractivity contribution < 1.29 is 4.39 Å². The van der Waals surface area contributed by atoms with Crippen LogP contribution in [0.1, 0.15) is 49.9 Å². The Kier molecular flexibility index (Phi) is 4.43. The molecule has 0 fully saturated rings. The molecule has 0 aliphatic carbocycles. The van der Waals surface area contributed by atoms with Crippen LogP contribution in [0.15, 0.2) is 18.2 Å². The van der Waals surface area contributed by atoms with E-state index in [9.17, 15) is 4.39 Å². The summed E-state index contributed by atoms with van der Waals surface area (Å²) in [5.41, 5.74) is 9.26. The number of hydrogen-bond acceptors (Lipinski definition) is 0. The smallest absolute Gasteiger partial charge is 0.123 e. The van der Waals surface area contributed by atoms with E-state index < -0.39 is 0 Å². The molecule has 0 aromatic heterocycles. The highest BCUT2D eigenvalue weighted by atomic mass is 35.5. The Morgan fingerprint density at radius 2 is 1.29 bits per heavy atom. The summed E-state index contributed by atoms with van der Waals surface area (Å²) in [6, 6.07) is 4.82. The van der Waals surface area contributed by atoms with Gasteiger partial charge < -0.3 is 0 Å². The van der Waals surface area contributed by atoms with Gasteiger partial charge in [0.05, 0.1) is 5.38 Å². The molecule has 0 saturated carbocycles. The number of rotatable bonds is 2. The summed E-state index contributed by atoms with van der Waals surface area (Å²) < 4.78 is 13.6. The Balaban J connectivity index is 2.69. The van der Waals surface area contributed by atoms with Crippen molar-refractivity contribution in [3.8, 4) is 0 Å². The molecular formula is C19H22ClF. The zero-order valence-electron chi connectivity index (χ0n) is 13.6. The van der Waals surface area contributed by atoms with Gasteiger partial charge in [-0.05, 0) is 98.2 Å². The maximum atomic E-state index is 13.6. The SMILES string of the molecule is Cc1ccc(F)cc1C(Cl)c1c(C)c(C)c(C)c(C)c1C. The average Bonchev–Trinajstić information content (AvgIpc) is 2.45. The molecule has 1 unspecified atom stereocenters. The van der Waals surface area contributed by atoms with Crippen molar-refractivity contribution in [3.05, 3.63) is 68.5 Å². The van der Waals surface area contributed by atoms with Crippen molar-refractivity contribution >= 4 is 11.6 Å². The first-order valence-corrected chi connectivity index (χ1v) is 7.66. The van der Waals surface area contributed by atoms with Gasteiger partial charge in [0.15, 0.2) is 0 Å². The van der Waals surface area contributed by atoms with Crippen LogP contribution in [0.3, 0.4) is 0 Å². The Hall–Kier alpha value is -1.34. The summed E-state index contributed by atoms with van der Waals surface area (Å²) in [6.07, 6.45) is 0. The second-order valence-corrected chi connectivity index (χ2v) is 6.34. The third-order valence-electron chi connectivity index (χ3n) is 4.83. The summed E-state index contributed by atoms with van der Waals surface area (Å²) in [5.74, 6) is -0.239. The first-order valence-electron chi connectivity index (χ1n) is 7.22. The van der Waals surface area contributed by atoms with E-state index in [4.69, 9.17) is 11.6 Å². The van der Waals surface area contributed by atoms with Gasteiger partial charge in [-0.2, -0.15) is 0 Å². The fourth-order valence-electron chi connectivity index (χ4n) is 2.95. The minimum Gasteiger partial charge on any atom is -0.207 e. The molecule has 0 saturated heterocycles. The van der Waals surface area contributed by atoms with Gasteiger partial charge in [0, 0.05) is 0 Å². The molecule has 1 atom stereocenters. The summed E-state index contributed by atoms with van der Waals surface area (Å²) in [6.45, 7) is 12.6. The second kappa shape index (κ2) is 5.81. The Labute approximate surface area is 132 Å². The fraction of sp³-hybridized carbons (Fsp3) is 0.368. The van der Waals surface area contributed by atoms with Gasteiger partial charge in [-0.25, -0.2) is 4.39 Å². The molecule has 2 aromatic carbocycles. The van der Waals surface area contributed by atoms with Crippen LogP contribution in [0, 0.1) is 47.4 Å². The van der Waals surface area contributed by atoms with Crippen LogP contribution < -0.4 is 0 Å². The van der Waals surface area contributed by atoms with Crippen LogP contribution in [-0.4, -0.2) is 0 Å². The third-order valence-corrected chi connectivity index (χ3v) is 5.28. The Bertz CT molecular complexity index is 672. The molecular weight excluding hydrogens is 283 g/mol. The van der Waals surface area contributed by atoms with Crippen molar-refractivity contribution in [2.24, 2.45) is 0 Å². The van der Waals surface area contributed by atoms with Crippen molar-refractivity contribution in [1.29, 1.82) is 0 Å². The predicted octanol–water partition coefficient (Wildman–Crippen LogP) is 6.00. The predicted molar refractivity (Wildman–Crippen MR) is 89.0 cm³/mol. The third kappa shape index (κ3) is 2.72. The molecule has 21 heavy (non-hydrogen) atoms. The van der Waals surface area contributed by atoms with E-state index in [0.717, 1.165) is 16.7 Å². The summed E-state index contributed by atoms with van der Waals surface area (Å²) in [5, 5.41) is -0.321. The van der Waals surface area contributed by atoms with Gasteiger partial charge in [-0.15, -0.1) is 11.6 Å². The number of halogens is 2. The number of benzene rings is 2. The lowest BCUT2D eigenvalue weighted by Gasteiger charge is -2.23. The normalized spacial score (nSPS) is 12.6. The van der Waals surface area contributed by atoms with Crippen LogP contribution in [-0.2, 0) is 0 Å². The number of hydrogen-bond donors (Lipinski definition) is 0. The van der Waals surface area contributed by atoms with Crippen LogP contribution >= 0.6 is 11.6 Å². The summed E-state index contributed by atoms with van der Waals surface area (Å²) in [7, 11) is 0. The quantitative estimate of drug-likeness (QED) is 0.596. The molecule has 112 valence electrons. The molecule has 0 radical (unpaired) electrons. The summed E-state index contributed by atoms with van der Waals surface area (Å²) in [4.78, 5) is 0. The number of aryl methyl sites for hydroxylation is 1. The molecule has 0 spiro atoms. The summed E-state index contributed by atoms with van der Waals surface area (Å²) >= 11 is 6.75.